The fourth-order valence-electron chi connectivity index (χ4n) is 1.99. The van der Waals surface area contributed by atoms with Crippen LogP contribution in [-0.2, 0) is 11.3 Å². The Morgan fingerprint density at radius 2 is 2.00 bits per heavy atom. The van der Waals surface area contributed by atoms with E-state index in [1.807, 2.05) is 37.3 Å². The summed E-state index contributed by atoms with van der Waals surface area (Å²) >= 11 is 0. The molecule has 0 aliphatic rings. The van der Waals surface area contributed by atoms with Crippen molar-refractivity contribution in [3.8, 4) is 0 Å². The van der Waals surface area contributed by atoms with E-state index < -0.39 is 18.3 Å². The van der Waals surface area contributed by atoms with Gasteiger partial charge in [0.25, 0.3) is 0 Å². The van der Waals surface area contributed by atoms with Crippen molar-refractivity contribution in [3.63, 3.8) is 0 Å². The number of aryl methyl sites for hydroxylation is 1. The van der Waals surface area contributed by atoms with Crippen molar-refractivity contribution < 1.29 is 19.7 Å². The van der Waals surface area contributed by atoms with Crippen LogP contribution in [0.1, 0.15) is 22.9 Å². The van der Waals surface area contributed by atoms with Crippen molar-refractivity contribution in [2.45, 2.75) is 25.7 Å². The summed E-state index contributed by atoms with van der Waals surface area (Å²) in [4.78, 5) is 15.6. The Morgan fingerprint density at radius 3 is 2.70 bits per heavy atom. The first kappa shape index (κ1) is 16.9. The van der Waals surface area contributed by atoms with Gasteiger partial charge in [0.1, 0.15) is 18.8 Å². The number of hydrogen-bond donors (Lipinski definition) is 3. The van der Waals surface area contributed by atoms with E-state index in [0.29, 0.717) is 5.69 Å². The molecule has 1 amide bonds. The van der Waals surface area contributed by atoms with Crippen molar-refractivity contribution in [1.29, 1.82) is 0 Å². The van der Waals surface area contributed by atoms with Gasteiger partial charge >= 0.3 is 6.09 Å². The summed E-state index contributed by atoms with van der Waals surface area (Å²) in [5.74, 6) is 0. The normalized spacial score (nSPS) is 13.2. The molecule has 1 aromatic heterocycles. The highest BCUT2D eigenvalue weighted by atomic mass is 16.5. The Hall–Kier alpha value is -2.44. The van der Waals surface area contributed by atoms with Crippen molar-refractivity contribution in [3.05, 3.63) is 65.5 Å². The summed E-state index contributed by atoms with van der Waals surface area (Å²) in [6, 6.07) is 12.7. The zero-order chi connectivity index (χ0) is 16.7. The Bertz CT molecular complexity index is 634. The topological polar surface area (TPSA) is 91.7 Å². The molecule has 2 unspecified atom stereocenters. The third-order valence-electron chi connectivity index (χ3n) is 3.27. The largest absolute Gasteiger partial charge is 0.445 e. The first-order chi connectivity index (χ1) is 11.1. The Balaban J connectivity index is 1.77. The van der Waals surface area contributed by atoms with Gasteiger partial charge in [-0.2, -0.15) is 0 Å². The lowest BCUT2D eigenvalue weighted by molar-refractivity contribution is 0.0159. The molecule has 0 fully saturated rings. The van der Waals surface area contributed by atoms with E-state index in [9.17, 15) is 15.0 Å². The fraction of sp³-hybridized carbons (Fsp3) is 0.294. The minimum absolute atomic E-state index is 0.135. The van der Waals surface area contributed by atoms with Gasteiger partial charge in [-0.05, 0) is 30.2 Å². The molecule has 2 atom stereocenters. The number of benzene rings is 1. The summed E-state index contributed by atoms with van der Waals surface area (Å²) in [6.45, 7) is 1.87. The molecule has 1 aromatic carbocycles. The van der Waals surface area contributed by atoms with Gasteiger partial charge in [0, 0.05) is 12.7 Å². The number of aliphatic hydroxyl groups is 2. The average Bonchev–Trinajstić information content (AvgIpc) is 2.58. The fourth-order valence-corrected chi connectivity index (χ4v) is 1.99. The maximum Gasteiger partial charge on any atom is 0.407 e. The molecule has 0 saturated carbocycles. The quantitative estimate of drug-likeness (QED) is 0.754. The summed E-state index contributed by atoms with van der Waals surface area (Å²) in [6.07, 6.45) is -1.45. The number of aromatic nitrogens is 1. The van der Waals surface area contributed by atoms with Crippen LogP contribution in [0, 0.1) is 6.92 Å². The molecule has 23 heavy (non-hydrogen) atoms. The molecule has 0 aliphatic carbocycles. The first-order valence-corrected chi connectivity index (χ1v) is 7.29. The summed E-state index contributed by atoms with van der Waals surface area (Å²) in [7, 11) is 0. The van der Waals surface area contributed by atoms with Crippen LogP contribution in [0.5, 0.6) is 0 Å². The molecular weight excluding hydrogens is 296 g/mol. The number of aliphatic hydroxyl groups excluding tert-OH is 2. The van der Waals surface area contributed by atoms with Gasteiger partial charge in [0.05, 0.1) is 5.69 Å². The van der Waals surface area contributed by atoms with Crippen molar-refractivity contribution in [2.24, 2.45) is 0 Å². The number of carbonyl (C=O) groups excluding carboxylic acids is 1. The first-order valence-electron chi connectivity index (χ1n) is 7.29. The van der Waals surface area contributed by atoms with Crippen LogP contribution in [0.25, 0.3) is 0 Å². The van der Waals surface area contributed by atoms with E-state index in [4.69, 9.17) is 4.74 Å². The van der Waals surface area contributed by atoms with E-state index in [1.54, 1.807) is 18.3 Å². The number of carbonyl (C=O) groups is 1. The van der Waals surface area contributed by atoms with Crippen LogP contribution in [0.2, 0.25) is 0 Å². The predicted octanol–water partition coefficient (Wildman–Crippen LogP) is 1.71. The second kappa shape index (κ2) is 8.26. The summed E-state index contributed by atoms with van der Waals surface area (Å²) < 4.78 is 5.02. The molecule has 1 heterocycles. The second-order valence-electron chi connectivity index (χ2n) is 5.21. The number of ether oxygens (including phenoxy) is 1. The molecule has 0 aliphatic heterocycles. The number of nitrogens with one attached hydrogen (secondary N) is 1. The summed E-state index contributed by atoms with van der Waals surface area (Å²) in [5, 5.41) is 22.4. The van der Waals surface area contributed by atoms with Gasteiger partial charge in [-0.3, -0.25) is 4.98 Å². The molecule has 3 N–H and O–H groups in total. The maximum absolute atomic E-state index is 11.6. The van der Waals surface area contributed by atoms with E-state index in [2.05, 4.69) is 10.3 Å². The molecule has 6 nitrogen and oxygen atoms in total. The summed E-state index contributed by atoms with van der Waals surface area (Å²) in [5.41, 5.74) is 2.15. The van der Waals surface area contributed by atoms with Gasteiger partial charge in [0.2, 0.25) is 0 Å². The Morgan fingerprint density at radius 1 is 1.26 bits per heavy atom. The molecular formula is C17H20N2O4. The molecule has 0 saturated heterocycles. The van der Waals surface area contributed by atoms with Crippen molar-refractivity contribution in [1.82, 2.24) is 10.3 Å². The van der Waals surface area contributed by atoms with E-state index >= 15 is 0 Å². The lowest BCUT2D eigenvalue weighted by Crippen LogP contribution is -2.36. The number of pyridine rings is 1. The highest BCUT2D eigenvalue weighted by Gasteiger charge is 2.20. The van der Waals surface area contributed by atoms with Gasteiger partial charge in [0.15, 0.2) is 0 Å². The minimum atomic E-state index is -1.18. The number of alkyl carbamates (subject to hydrolysis) is 1. The second-order valence-corrected chi connectivity index (χ2v) is 5.21. The zero-order valence-electron chi connectivity index (χ0n) is 12.8. The standard InChI is InChI=1S/C17H20N2O4/c1-12-7-8-18-14(9-12)16(21)15(20)10-19-17(22)23-11-13-5-3-2-4-6-13/h2-9,15-16,20-21H,10-11H2,1H3,(H,19,22). The van der Waals surface area contributed by atoms with Crippen LogP contribution in [-0.4, -0.2) is 33.9 Å². The Labute approximate surface area is 134 Å². The zero-order valence-corrected chi connectivity index (χ0v) is 12.8. The predicted molar refractivity (Wildman–Crippen MR) is 84.6 cm³/mol. The molecule has 2 aromatic rings. The van der Waals surface area contributed by atoms with Crippen LogP contribution in [0.4, 0.5) is 4.79 Å². The molecule has 2 rings (SSSR count). The van der Waals surface area contributed by atoms with E-state index in [0.717, 1.165) is 11.1 Å². The molecule has 0 bridgehead atoms. The number of amides is 1. The monoisotopic (exact) mass is 316 g/mol. The minimum Gasteiger partial charge on any atom is -0.445 e. The van der Waals surface area contributed by atoms with Crippen molar-refractivity contribution in [2.75, 3.05) is 6.54 Å². The number of hydrogen-bond acceptors (Lipinski definition) is 5. The average molecular weight is 316 g/mol. The van der Waals surface area contributed by atoms with Gasteiger partial charge < -0.3 is 20.3 Å². The smallest absolute Gasteiger partial charge is 0.407 e. The maximum atomic E-state index is 11.6. The van der Waals surface area contributed by atoms with Crippen LogP contribution in [0.3, 0.4) is 0 Å². The SMILES string of the molecule is Cc1ccnc(C(O)C(O)CNC(=O)OCc2ccccc2)c1. The van der Waals surface area contributed by atoms with Gasteiger partial charge in [-0.15, -0.1) is 0 Å². The van der Waals surface area contributed by atoms with Crippen LogP contribution < -0.4 is 5.32 Å². The van der Waals surface area contributed by atoms with Crippen LogP contribution in [0.15, 0.2) is 48.7 Å². The van der Waals surface area contributed by atoms with E-state index in [-0.39, 0.29) is 13.2 Å². The molecule has 0 radical (unpaired) electrons. The number of rotatable bonds is 6. The molecule has 122 valence electrons. The molecule has 6 heteroatoms. The molecule has 0 spiro atoms. The number of nitrogens with zero attached hydrogens (tertiary/aromatic N) is 1. The highest BCUT2D eigenvalue weighted by molar-refractivity contribution is 5.67. The van der Waals surface area contributed by atoms with E-state index in [1.165, 1.54) is 0 Å². The van der Waals surface area contributed by atoms with Gasteiger partial charge in [-0.25, -0.2) is 4.79 Å². The van der Waals surface area contributed by atoms with Crippen LogP contribution >= 0.6 is 0 Å². The highest BCUT2D eigenvalue weighted by Crippen LogP contribution is 2.15. The third-order valence-corrected chi connectivity index (χ3v) is 3.27. The van der Waals surface area contributed by atoms with Crippen molar-refractivity contribution >= 4 is 6.09 Å². The third kappa shape index (κ3) is 5.36. The lowest BCUT2D eigenvalue weighted by Gasteiger charge is -2.18. The lowest BCUT2D eigenvalue weighted by atomic mass is 10.1. The van der Waals surface area contributed by atoms with Gasteiger partial charge in [-0.1, -0.05) is 30.3 Å². The Kier molecular flexibility index (Phi) is 6.08.